The molecule has 1 aliphatic rings. The molecule has 0 bridgehead atoms. The Kier molecular flexibility index (Phi) is 5.30. The molecule has 0 unspecified atom stereocenters. The molecule has 0 radical (unpaired) electrons. The van der Waals surface area contributed by atoms with Crippen LogP contribution in [0.5, 0.6) is 0 Å². The van der Waals surface area contributed by atoms with Crippen LogP contribution in [0.1, 0.15) is 18.4 Å². The highest BCUT2D eigenvalue weighted by atomic mass is 19.1. The zero-order valence-electron chi connectivity index (χ0n) is 11.8. The summed E-state index contributed by atoms with van der Waals surface area (Å²) in [7, 11) is 1.95. The van der Waals surface area contributed by atoms with Gasteiger partial charge in [0.25, 0.3) is 0 Å². The first-order chi connectivity index (χ1) is 9.70. The molecule has 20 heavy (non-hydrogen) atoms. The summed E-state index contributed by atoms with van der Waals surface area (Å²) in [4.78, 5) is 13.9. The molecule has 0 atom stereocenters. The zero-order valence-corrected chi connectivity index (χ0v) is 11.8. The molecule has 0 aliphatic carbocycles. The van der Waals surface area contributed by atoms with Crippen LogP contribution >= 0.6 is 0 Å². The van der Waals surface area contributed by atoms with Gasteiger partial charge in [-0.05, 0) is 44.5 Å². The van der Waals surface area contributed by atoms with Gasteiger partial charge < -0.3 is 10.2 Å². The Bertz CT molecular complexity index is 479. The average Bonchev–Trinajstić information content (AvgIpc) is 2.47. The van der Waals surface area contributed by atoms with Gasteiger partial charge in [-0.25, -0.2) is 4.39 Å². The Morgan fingerprint density at radius 3 is 2.75 bits per heavy atom. The monoisotopic (exact) mass is 276 g/mol. The number of rotatable bonds is 4. The van der Waals surface area contributed by atoms with Crippen molar-refractivity contribution in [3.8, 4) is 0 Å². The fourth-order valence-corrected chi connectivity index (χ4v) is 2.52. The second-order valence-electron chi connectivity index (χ2n) is 5.18. The highest BCUT2D eigenvalue weighted by Crippen LogP contribution is 2.17. The smallest absolute Gasteiger partial charge is 0.246 e. The quantitative estimate of drug-likeness (QED) is 0.856. The number of benzene rings is 1. The first-order valence-corrected chi connectivity index (χ1v) is 7.07. The number of piperidine rings is 1. The number of carbonyl (C=O) groups is 1. The fourth-order valence-electron chi connectivity index (χ4n) is 2.52. The van der Waals surface area contributed by atoms with Crippen molar-refractivity contribution in [1.82, 2.24) is 10.2 Å². The van der Waals surface area contributed by atoms with Crippen molar-refractivity contribution < 1.29 is 9.18 Å². The summed E-state index contributed by atoms with van der Waals surface area (Å²) in [5.41, 5.74) is 0.450. The Morgan fingerprint density at radius 2 is 2.10 bits per heavy atom. The maximum atomic E-state index is 13.4. The third-order valence-electron chi connectivity index (χ3n) is 3.73. The minimum Gasteiger partial charge on any atom is -0.339 e. The van der Waals surface area contributed by atoms with E-state index >= 15 is 0 Å². The minimum absolute atomic E-state index is 0.0313. The van der Waals surface area contributed by atoms with Crippen molar-refractivity contribution in [1.29, 1.82) is 0 Å². The lowest BCUT2D eigenvalue weighted by atomic mass is 9.97. The van der Waals surface area contributed by atoms with Gasteiger partial charge in [0, 0.05) is 24.7 Å². The molecule has 1 aromatic rings. The number of likely N-dealkylation sites (tertiary alicyclic amines) is 1. The van der Waals surface area contributed by atoms with Crippen LogP contribution in [-0.4, -0.2) is 37.5 Å². The van der Waals surface area contributed by atoms with E-state index in [1.54, 1.807) is 24.3 Å². The van der Waals surface area contributed by atoms with E-state index < -0.39 is 0 Å². The molecule has 0 saturated carbocycles. The SMILES string of the molecule is CNCC1CCN(C(=O)C=Cc2ccccc2F)CC1. The predicted molar refractivity (Wildman–Crippen MR) is 78.7 cm³/mol. The fraction of sp³-hybridized carbons (Fsp3) is 0.438. The molecule has 0 aromatic heterocycles. The molecule has 1 heterocycles. The Hall–Kier alpha value is -1.68. The summed E-state index contributed by atoms with van der Waals surface area (Å²) >= 11 is 0. The molecule has 1 saturated heterocycles. The van der Waals surface area contributed by atoms with Gasteiger partial charge in [0.15, 0.2) is 0 Å². The normalized spacial score (nSPS) is 16.8. The molecule has 1 aliphatic heterocycles. The molecule has 1 aromatic carbocycles. The van der Waals surface area contributed by atoms with Crippen LogP contribution in [-0.2, 0) is 4.79 Å². The lowest BCUT2D eigenvalue weighted by Gasteiger charge is -2.31. The van der Waals surface area contributed by atoms with Crippen LogP contribution in [0.3, 0.4) is 0 Å². The van der Waals surface area contributed by atoms with Crippen molar-refractivity contribution in [3.05, 3.63) is 41.7 Å². The molecular formula is C16H21FN2O. The number of hydrogen-bond acceptors (Lipinski definition) is 2. The summed E-state index contributed by atoms with van der Waals surface area (Å²) in [6.07, 6.45) is 5.08. The number of hydrogen-bond donors (Lipinski definition) is 1. The summed E-state index contributed by atoms with van der Waals surface area (Å²) < 4.78 is 13.4. The topological polar surface area (TPSA) is 32.3 Å². The Labute approximate surface area is 119 Å². The van der Waals surface area contributed by atoms with Crippen LogP contribution in [0.25, 0.3) is 6.08 Å². The van der Waals surface area contributed by atoms with Gasteiger partial charge in [-0.2, -0.15) is 0 Å². The summed E-state index contributed by atoms with van der Waals surface area (Å²) in [6, 6.07) is 6.46. The van der Waals surface area contributed by atoms with Gasteiger partial charge in [0.05, 0.1) is 0 Å². The van der Waals surface area contributed by atoms with Crippen LogP contribution in [0.15, 0.2) is 30.3 Å². The van der Waals surface area contributed by atoms with Gasteiger partial charge in [-0.3, -0.25) is 4.79 Å². The van der Waals surface area contributed by atoms with Crippen molar-refractivity contribution in [2.45, 2.75) is 12.8 Å². The van der Waals surface area contributed by atoms with Gasteiger partial charge >= 0.3 is 0 Å². The summed E-state index contributed by atoms with van der Waals surface area (Å²) in [5, 5.41) is 3.18. The van der Waals surface area contributed by atoms with Gasteiger partial charge in [-0.1, -0.05) is 18.2 Å². The van der Waals surface area contributed by atoms with Crippen molar-refractivity contribution in [2.24, 2.45) is 5.92 Å². The third kappa shape index (κ3) is 3.90. The van der Waals surface area contributed by atoms with Crippen molar-refractivity contribution in [3.63, 3.8) is 0 Å². The standard InChI is InChI=1S/C16H21FN2O/c1-18-12-13-8-10-19(11-9-13)16(20)7-6-14-4-2-3-5-15(14)17/h2-7,13,18H,8-12H2,1H3. The van der Waals surface area contributed by atoms with Gasteiger partial charge in [0.2, 0.25) is 5.91 Å². The van der Waals surface area contributed by atoms with E-state index in [0.29, 0.717) is 11.5 Å². The zero-order chi connectivity index (χ0) is 14.4. The van der Waals surface area contributed by atoms with E-state index in [2.05, 4.69) is 5.32 Å². The van der Waals surface area contributed by atoms with Crippen LogP contribution < -0.4 is 5.32 Å². The number of halogens is 1. The van der Waals surface area contributed by atoms with E-state index in [1.165, 1.54) is 12.1 Å². The van der Waals surface area contributed by atoms with E-state index in [9.17, 15) is 9.18 Å². The minimum atomic E-state index is -0.302. The molecule has 1 N–H and O–H groups in total. The van der Waals surface area contributed by atoms with Crippen LogP contribution in [0.4, 0.5) is 4.39 Å². The third-order valence-corrected chi connectivity index (χ3v) is 3.73. The lowest BCUT2D eigenvalue weighted by molar-refractivity contribution is -0.127. The lowest BCUT2D eigenvalue weighted by Crippen LogP contribution is -2.39. The van der Waals surface area contributed by atoms with Crippen molar-refractivity contribution in [2.75, 3.05) is 26.7 Å². The molecule has 3 nitrogen and oxygen atoms in total. The molecule has 1 amide bonds. The second-order valence-corrected chi connectivity index (χ2v) is 5.18. The molecule has 4 heteroatoms. The Morgan fingerprint density at radius 1 is 1.40 bits per heavy atom. The van der Waals surface area contributed by atoms with E-state index in [1.807, 2.05) is 11.9 Å². The molecular weight excluding hydrogens is 255 g/mol. The highest BCUT2D eigenvalue weighted by molar-refractivity contribution is 5.91. The first-order valence-electron chi connectivity index (χ1n) is 7.07. The Balaban J connectivity index is 1.88. The molecule has 0 spiro atoms. The number of carbonyl (C=O) groups excluding carboxylic acids is 1. The van der Waals surface area contributed by atoms with E-state index in [0.717, 1.165) is 32.5 Å². The average molecular weight is 276 g/mol. The molecule has 1 fully saturated rings. The number of nitrogens with one attached hydrogen (secondary N) is 1. The molecule has 2 rings (SSSR count). The van der Waals surface area contributed by atoms with E-state index in [4.69, 9.17) is 0 Å². The van der Waals surface area contributed by atoms with Crippen molar-refractivity contribution >= 4 is 12.0 Å². The highest BCUT2D eigenvalue weighted by Gasteiger charge is 2.20. The number of amides is 1. The van der Waals surface area contributed by atoms with Crippen LogP contribution in [0.2, 0.25) is 0 Å². The maximum Gasteiger partial charge on any atom is 0.246 e. The van der Waals surface area contributed by atoms with Gasteiger partial charge in [0.1, 0.15) is 5.82 Å². The van der Waals surface area contributed by atoms with Gasteiger partial charge in [-0.15, -0.1) is 0 Å². The summed E-state index contributed by atoms with van der Waals surface area (Å²) in [6.45, 7) is 2.58. The van der Waals surface area contributed by atoms with E-state index in [-0.39, 0.29) is 11.7 Å². The second kappa shape index (κ2) is 7.20. The number of nitrogens with zero attached hydrogens (tertiary/aromatic N) is 1. The first kappa shape index (κ1) is 14.7. The maximum absolute atomic E-state index is 13.4. The summed E-state index contributed by atoms with van der Waals surface area (Å²) in [5.74, 6) is 0.319. The largest absolute Gasteiger partial charge is 0.339 e. The molecule has 108 valence electrons. The predicted octanol–water partition coefficient (Wildman–Crippen LogP) is 2.30. The van der Waals surface area contributed by atoms with Crippen LogP contribution in [0, 0.1) is 11.7 Å².